The van der Waals surface area contributed by atoms with Crippen molar-refractivity contribution in [2.45, 2.75) is 30.5 Å². The van der Waals surface area contributed by atoms with Crippen LogP contribution in [0, 0.1) is 0 Å². The minimum atomic E-state index is -2.64. The van der Waals surface area contributed by atoms with Gasteiger partial charge in [-0.05, 0) is 0 Å². The first-order valence-electron chi connectivity index (χ1n) is 3.60. The fourth-order valence-corrected chi connectivity index (χ4v) is 1.52. The van der Waals surface area contributed by atoms with Crippen LogP contribution in [0.25, 0.3) is 0 Å². The summed E-state index contributed by atoms with van der Waals surface area (Å²) in [5.41, 5.74) is 0. The number of ether oxygens (including phenoxy) is 2. The van der Waals surface area contributed by atoms with Crippen LogP contribution in [0.2, 0.25) is 0 Å². The molecule has 2 heterocycles. The summed E-state index contributed by atoms with van der Waals surface area (Å²) in [6.45, 7) is -0.444. The molecule has 6 heteroatoms. The molecule has 70 valence electrons. The normalized spacial score (nSPS) is 58.0. The molecular formula is C6H9FO5. The molecule has 0 aliphatic carbocycles. The van der Waals surface area contributed by atoms with E-state index in [2.05, 4.69) is 9.47 Å². The number of aliphatic hydroxyl groups is 3. The molecule has 2 fully saturated rings. The lowest BCUT2D eigenvalue weighted by Crippen LogP contribution is -2.50. The number of fused-ring (bicyclic) bond motifs is 2. The molecule has 2 bridgehead atoms. The summed E-state index contributed by atoms with van der Waals surface area (Å²) >= 11 is 0. The van der Waals surface area contributed by atoms with E-state index >= 15 is 0 Å². The SMILES string of the molecule is OC[C@H]1O[C@]2(F)O[C@H]1[C@@H](O)[C@H]2O. The smallest absolute Gasteiger partial charge is 0.350 e. The summed E-state index contributed by atoms with van der Waals surface area (Å²) in [6.07, 6.45) is -4.89. The Morgan fingerprint density at radius 1 is 1.33 bits per heavy atom. The van der Waals surface area contributed by atoms with Gasteiger partial charge in [-0.25, -0.2) is 0 Å². The first-order chi connectivity index (χ1) is 5.58. The Labute approximate surface area is 67.3 Å². The zero-order valence-corrected chi connectivity index (χ0v) is 6.05. The van der Waals surface area contributed by atoms with E-state index in [0.717, 1.165) is 0 Å². The predicted octanol–water partition coefficient (Wildman–Crippen LogP) is -1.88. The second kappa shape index (κ2) is 2.36. The number of hydrogen-bond donors (Lipinski definition) is 3. The van der Waals surface area contributed by atoms with E-state index in [-0.39, 0.29) is 0 Å². The second-order valence-corrected chi connectivity index (χ2v) is 2.94. The Morgan fingerprint density at radius 2 is 2.00 bits per heavy atom. The van der Waals surface area contributed by atoms with Crippen LogP contribution in [0.4, 0.5) is 4.39 Å². The number of rotatable bonds is 1. The Kier molecular flexibility index (Phi) is 1.64. The number of hydrogen-bond acceptors (Lipinski definition) is 5. The number of aliphatic hydroxyl groups excluding tert-OH is 3. The molecule has 0 amide bonds. The highest BCUT2D eigenvalue weighted by Crippen LogP contribution is 2.43. The van der Waals surface area contributed by atoms with E-state index in [1.807, 2.05) is 0 Å². The molecule has 0 aromatic carbocycles. The highest BCUT2D eigenvalue weighted by molar-refractivity contribution is 5.00. The minimum absolute atomic E-state index is 0.444. The molecule has 0 aromatic heterocycles. The highest BCUT2D eigenvalue weighted by atomic mass is 19.2. The van der Waals surface area contributed by atoms with Crippen molar-refractivity contribution in [3.8, 4) is 0 Å². The molecule has 0 aromatic rings. The fraction of sp³-hybridized carbons (Fsp3) is 1.00. The van der Waals surface area contributed by atoms with E-state index < -0.39 is 37.1 Å². The van der Waals surface area contributed by atoms with Crippen molar-refractivity contribution in [2.24, 2.45) is 0 Å². The fourth-order valence-electron chi connectivity index (χ4n) is 1.52. The zero-order chi connectivity index (χ0) is 8.93. The van der Waals surface area contributed by atoms with E-state index in [4.69, 9.17) is 15.3 Å². The maximum Gasteiger partial charge on any atom is 0.350 e. The number of halogens is 1. The predicted molar refractivity (Wildman–Crippen MR) is 32.7 cm³/mol. The molecule has 0 saturated carbocycles. The molecular weight excluding hydrogens is 171 g/mol. The summed E-state index contributed by atoms with van der Waals surface area (Å²) in [6, 6.07) is -2.64. The van der Waals surface area contributed by atoms with Gasteiger partial charge in [0.2, 0.25) is 0 Å². The summed E-state index contributed by atoms with van der Waals surface area (Å²) in [7, 11) is 0. The van der Waals surface area contributed by atoms with Crippen molar-refractivity contribution in [1.29, 1.82) is 0 Å². The lowest BCUT2D eigenvalue weighted by molar-refractivity contribution is -0.300. The molecule has 3 N–H and O–H groups in total. The van der Waals surface area contributed by atoms with Gasteiger partial charge in [0.15, 0.2) is 6.10 Å². The molecule has 12 heavy (non-hydrogen) atoms. The first-order valence-corrected chi connectivity index (χ1v) is 3.60. The summed E-state index contributed by atoms with van der Waals surface area (Å²) in [5.74, 6) is 0. The zero-order valence-electron chi connectivity index (χ0n) is 6.05. The van der Waals surface area contributed by atoms with Gasteiger partial charge in [0.05, 0.1) is 6.61 Å². The Bertz CT molecular complexity index is 194. The van der Waals surface area contributed by atoms with Crippen molar-refractivity contribution >= 4 is 0 Å². The van der Waals surface area contributed by atoms with Crippen LogP contribution in [0.5, 0.6) is 0 Å². The molecule has 2 rings (SSSR count). The molecule has 2 aliphatic rings. The Morgan fingerprint density at radius 3 is 2.42 bits per heavy atom. The summed E-state index contributed by atoms with van der Waals surface area (Å²) in [5, 5.41) is 26.8. The van der Waals surface area contributed by atoms with Crippen LogP contribution in [0.1, 0.15) is 0 Å². The van der Waals surface area contributed by atoms with Crippen LogP contribution in [-0.4, -0.2) is 52.4 Å². The maximum absolute atomic E-state index is 13.2. The third kappa shape index (κ3) is 0.839. The molecule has 0 unspecified atom stereocenters. The van der Waals surface area contributed by atoms with Crippen molar-refractivity contribution < 1.29 is 29.2 Å². The Balaban J connectivity index is 2.21. The monoisotopic (exact) mass is 180 g/mol. The standard InChI is InChI=1S/C6H9FO5/c7-6-5(10)3(9)4(12-6)2(1-8)11-6/h2-5,8-10H,1H2/t2-,3-,4-,5-,6+/m1/s1. The average Bonchev–Trinajstić information content (AvgIpc) is 2.49. The topological polar surface area (TPSA) is 79.2 Å². The average molecular weight is 180 g/mol. The van der Waals surface area contributed by atoms with Crippen LogP contribution >= 0.6 is 0 Å². The van der Waals surface area contributed by atoms with Crippen LogP contribution in [-0.2, 0) is 9.47 Å². The first kappa shape index (κ1) is 8.33. The van der Waals surface area contributed by atoms with E-state index in [1.54, 1.807) is 0 Å². The quantitative estimate of drug-likeness (QED) is 0.440. The lowest BCUT2D eigenvalue weighted by Gasteiger charge is -2.27. The van der Waals surface area contributed by atoms with Gasteiger partial charge in [0.25, 0.3) is 0 Å². The van der Waals surface area contributed by atoms with Crippen LogP contribution in [0.15, 0.2) is 0 Å². The van der Waals surface area contributed by atoms with Gasteiger partial charge in [-0.2, -0.15) is 4.39 Å². The molecule has 0 radical (unpaired) electrons. The van der Waals surface area contributed by atoms with Crippen LogP contribution < -0.4 is 0 Å². The maximum atomic E-state index is 13.2. The van der Waals surface area contributed by atoms with Gasteiger partial charge < -0.3 is 24.8 Å². The lowest BCUT2D eigenvalue weighted by atomic mass is 10.0. The van der Waals surface area contributed by atoms with E-state index in [9.17, 15) is 4.39 Å². The third-order valence-corrected chi connectivity index (χ3v) is 2.17. The third-order valence-electron chi connectivity index (χ3n) is 2.17. The number of alkyl halides is 1. The van der Waals surface area contributed by atoms with Crippen molar-refractivity contribution in [1.82, 2.24) is 0 Å². The van der Waals surface area contributed by atoms with E-state index in [0.29, 0.717) is 0 Å². The molecule has 5 nitrogen and oxygen atoms in total. The molecule has 2 aliphatic heterocycles. The molecule has 0 spiro atoms. The second-order valence-electron chi connectivity index (χ2n) is 2.94. The molecule has 2 saturated heterocycles. The van der Waals surface area contributed by atoms with E-state index in [1.165, 1.54) is 0 Å². The van der Waals surface area contributed by atoms with Crippen molar-refractivity contribution in [2.75, 3.05) is 6.61 Å². The van der Waals surface area contributed by atoms with Gasteiger partial charge >= 0.3 is 6.04 Å². The van der Waals surface area contributed by atoms with Gasteiger partial charge in [-0.1, -0.05) is 0 Å². The van der Waals surface area contributed by atoms with Gasteiger partial charge in [0, 0.05) is 0 Å². The highest BCUT2D eigenvalue weighted by Gasteiger charge is 2.65. The summed E-state index contributed by atoms with van der Waals surface area (Å²) < 4.78 is 22.3. The largest absolute Gasteiger partial charge is 0.394 e. The Hall–Kier alpha value is -0.270. The summed E-state index contributed by atoms with van der Waals surface area (Å²) in [4.78, 5) is 0. The van der Waals surface area contributed by atoms with Gasteiger partial charge in [0.1, 0.15) is 18.3 Å². The van der Waals surface area contributed by atoms with Crippen LogP contribution in [0.3, 0.4) is 0 Å². The van der Waals surface area contributed by atoms with Crippen molar-refractivity contribution in [3.05, 3.63) is 0 Å². The minimum Gasteiger partial charge on any atom is -0.394 e. The molecule has 5 atom stereocenters. The van der Waals surface area contributed by atoms with Gasteiger partial charge in [-0.3, -0.25) is 0 Å². The van der Waals surface area contributed by atoms with Gasteiger partial charge in [-0.15, -0.1) is 0 Å². The van der Waals surface area contributed by atoms with Crippen molar-refractivity contribution in [3.63, 3.8) is 0 Å².